The first kappa shape index (κ1) is 16.6. The molecule has 1 aromatic carbocycles. The van der Waals surface area contributed by atoms with Gasteiger partial charge >= 0.3 is 0 Å². The number of rotatable bonds is 3. The van der Waals surface area contributed by atoms with Crippen molar-refractivity contribution in [2.24, 2.45) is 0 Å². The van der Waals surface area contributed by atoms with Crippen molar-refractivity contribution in [1.29, 1.82) is 0 Å². The van der Waals surface area contributed by atoms with Crippen LogP contribution in [0.3, 0.4) is 0 Å². The van der Waals surface area contributed by atoms with E-state index < -0.39 is 22.6 Å². The molecule has 2 atom stereocenters. The number of fused-ring (bicyclic) bond motifs is 1. The molecule has 0 saturated carbocycles. The lowest BCUT2D eigenvalue weighted by Gasteiger charge is -2.42. The molecule has 23 heavy (non-hydrogen) atoms. The first-order valence-corrected chi connectivity index (χ1v) is 8.21. The first-order valence-electron chi connectivity index (χ1n) is 7.83. The minimum absolute atomic E-state index is 0.118. The van der Waals surface area contributed by atoms with E-state index in [-0.39, 0.29) is 18.2 Å². The van der Waals surface area contributed by atoms with Crippen molar-refractivity contribution < 1.29 is 18.3 Å². The topological polar surface area (TPSA) is 41.6 Å². The Balaban J connectivity index is 1.56. The summed E-state index contributed by atoms with van der Waals surface area (Å²) in [5.41, 5.74) is -0.261. The van der Waals surface area contributed by atoms with Gasteiger partial charge in [0.2, 0.25) is 0 Å². The van der Waals surface area contributed by atoms with Crippen molar-refractivity contribution in [1.82, 2.24) is 10.2 Å². The summed E-state index contributed by atoms with van der Waals surface area (Å²) in [6.07, 6.45) is 3.45. The van der Waals surface area contributed by atoms with Gasteiger partial charge in [-0.2, -0.15) is 0 Å². The Hall–Kier alpha value is -1.24. The number of hydrogen-bond donors (Lipinski definition) is 1. The SMILES string of the molecule is O=C(NCC1CN2CCCCC2CO1)c1ccc(F)c(Cl)c1F. The number of amides is 1. The third kappa shape index (κ3) is 3.65. The molecule has 0 radical (unpaired) electrons. The van der Waals surface area contributed by atoms with E-state index in [2.05, 4.69) is 10.2 Å². The summed E-state index contributed by atoms with van der Waals surface area (Å²) < 4.78 is 32.7. The summed E-state index contributed by atoms with van der Waals surface area (Å²) >= 11 is 5.49. The number of benzene rings is 1. The number of hydrogen-bond acceptors (Lipinski definition) is 3. The summed E-state index contributed by atoms with van der Waals surface area (Å²) in [4.78, 5) is 14.4. The van der Waals surface area contributed by atoms with Crippen molar-refractivity contribution >= 4 is 17.5 Å². The highest BCUT2D eigenvalue weighted by Crippen LogP contribution is 2.23. The second-order valence-electron chi connectivity index (χ2n) is 6.03. The fourth-order valence-electron chi connectivity index (χ4n) is 3.18. The van der Waals surface area contributed by atoms with Crippen LogP contribution in [0.25, 0.3) is 0 Å². The van der Waals surface area contributed by atoms with E-state index in [0.717, 1.165) is 31.6 Å². The Morgan fingerprint density at radius 2 is 2.22 bits per heavy atom. The lowest BCUT2D eigenvalue weighted by Crippen LogP contribution is -2.54. The average molecular weight is 345 g/mol. The van der Waals surface area contributed by atoms with E-state index >= 15 is 0 Å². The molecule has 2 fully saturated rings. The van der Waals surface area contributed by atoms with Crippen LogP contribution in [0, 0.1) is 11.6 Å². The summed E-state index contributed by atoms with van der Waals surface area (Å²) in [7, 11) is 0. The van der Waals surface area contributed by atoms with Gasteiger partial charge in [0.15, 0.2) is 5.82 Å². The number of nitrogens with one attached hydrogen (secondary N) is 1. The maximum Gasteiger partial charge on any atom is 0.254 e. The van der Waals surface area contributed by atoms with Gasteiger partial charge in [-0.1, -0.05) is 18.0 Å². The van der Waals surface area contributed by atoms with Crippen LogP contribution in [0.4, 0.5) is 8.78 Å². The van der Waals surface area contributed by atoms with Gasteiger partial charge in [-0.15, -0.1) is 0 Å². The Morgan fingerprint density at radius 1 is 1.39 bits per heavy atom. The third-order valence-corrected chi connectivity index (χ3v) is 4.83. The van der Waals surface area contributed by atoms with Crippen LogP contribution < -0.4 is 5.32 Å². The van der Waals surface area contributed by atoms with E-state index in [4.69, 9.17) is 16.3 Å². The van der Waals surface area contributed by atoms with Gasteiger partial charge in [-0.25, -0.2) is 8.78 Å². The molecular weight excluding hydrogens is 326 g/mol. The number of carbonyl (C=O) groups is 1. The van der Waals surface area contributed by atoms with Crippen LogP contribution in [0.1, 0.15) is 29.6 Å². The molecule has 2 aliphatic heterocycles. The monoisotopic (exact) mass is 344 g/mol. The molecular formula is C16H19ClF2N2O2. The zero-order valence-electron chi connectivity index (χ0n) is 12.7. The number of nitrogens with zero attached hydrogens (tertiary/aromatic N) is 1. The zero-order chi connectivity index (χ0) is 16.4. The Bertz CT molecular complexity index is 600. The maximum absolute atomic E-state index is 13.8. The zero-order valence-corrected chi connectivity index (χ0v) is 13.4. The number of piperidine rings is 1. The molecule has 126 valence electrons. The predicted octanol–water partition coefficient (Wildman–Crippen LogP) is 2.60. The van der Waals surface area contributed by atoms with E-state index in [1.165, 1.54) is 12.8 Å². The second kappa shape index (κ2) is 7.11. The summed E-state index contributed by atoms with van der Waals surface area (Å²) in [6.45, 7) is 2.77. The van der Waals surface area contributed by atoms with Crippen molar-refractivity contribution in [3.05, 3.63) is 34.4 Å². The molecule has 0 aliphatic carbocycles. The lowest BCUT2D eigenvalue weighted by atomic mass is 10.0. The van der Waals surface area contributed by atoms with E-state index in [9.17, 15) is 13.6 Å². The normalized spacial score (nSPS) is 25.0. The fraction of sp³-hybridized carbons (Fsp3) is 0.562. The summed E-state index contributed by atoms with van der Waals surface area (Å²) in [5, 5.41) is 1.98. The average Bonchev–Trinajstić information content (AvgIpc) is 2.57. The van der Waals surface area contributed by atoms with Gasteiger partial charge in [0.05, 0.1) is 18.3 Å². The number of ether oxygens (including phenoxy) is 1. The quantitative estimate of drug-likeness (QED) is 0.857. The van der Waals surface area contributed by atoms with Crippen LogP contribution >= 0.6 is 11.6 Å². The molecule has 1 N–H and O–H groups in total. The van der Waals surface area contributed by atoms with E-state index in [1.807, 2.05) is 0 Å². The highest BCUT2D eigenvalue weighted by Gasteiger charge is 2.30. The smallest absolute Gasteiger partial charge is 0.254 e. The van der Waals surface area contributed by atoms with Crippen molar-refractivity contribution in [2.75, 3.05) is 26.2 Å². The summed E-state index contributed by atoms with van der Waals surface area (Å²) in [5.74, 6) is -2.54. The van der Waals surface area contributed by atoms with Gasteiger partial charge < -0.3 is 10.1 Å². The minimum atomic E-state index is -1.04. The fourth-order valence-corrected chi connectivity index (χ4v) is 3.34. The Labute approximate surface area is 138 Å². The van der Waals surface area contributed by atoms with Crippen molar-refractivity contribution in [3.63, 3.8) is 0 Å². The molecule has 0 bridgehead atoms. The Kier molecular flexibility index (Phi) is 5.14. The van der Waals surface area contributed by atoms with Gasteiger partial charge in [0.1, 0.15) is 10.8 Å². The minimum Gasteiger partial charge on any atom is -0.373 e. The van der Waals surface area contributed by atoms with Crippen LogP contribution in [0.2, 0.25) is 5.02 Å². The molecule has 2 heterocycles. The van der Waals surface area contributed by atoms with Crippen LogP contribution in [0.5, 0.6) is 0 Å². The van der Waals surface area contributed by atoms with E-state index in [1.54, 1.807) is 0 Å². The summed E-state index contributed by atoms with van der Waals surface area (Å²) in [6, 6.07) is 2.55. The standard InChI is InChI=1S/C16H19ClF2N2O2/c17-14-13(18)5-4-12(15(14)19)16(22)20-7-11-8-21-6-2-1-3-10(21)9-23-11/h4-5,10-11H,1-3,6-9H2,(H,20,22). The van der Waals surface area contributed by atoms with Gasteiger partial charge in [-0.3, -0.25) is 9.69 Å². The molecule has 2 unspecified atom stereocenters. The molecule has 7 heteroatoms. The first-order chi connectivity index (χ1) is 11.1. The Morgan fingerprint density at radius 3 is 3.04 bits per heavy atom. The van der Waals surface area contributed by atoms with Crippen LogP contribution in [0.15, 0.2) is 12.1 Å². The molecule has 4 nitrogen and oxygen atoms in total. The highest BCUT2D eigenvalue weighted by molar-refractivity contribution is 6.31. The molecule has 3 rings (SSSR count). The third-order valence-electron chi connectivity index (χ3n) is 4.48. The second-order valence-corrected chi connectivity index (χ2v) is 6.41. The number of carbonyl (C=O) groups excluding carboxylic acids is 1. The predicted molar refractivity (Wildman–Crippen MR) is 82.7 cm³/mol. The molecule has 1 aromatic rings. The molecule has 1 amide bonds. The lowest BCUT2D eigenvalue weighted by molar-refractivity contribution is -0.0725. The van der Waals surface area contributed by atoms with Gasteiger partial charge in [-0.05, 0) is 31.5 Å². The largest absolute Gasteiger partial charge is 0.373 e. The molecule has 0 spiro atoms. The van der Waals surface area contributed by atoms with Crippen molar-refractivity contribution in [2.45, 2.75) is 31.4 Å². The van der Waals surface area contributed by atoms with Crippen molar-refractivity contribution in [3.8, 4) is 0 Å². The van der Waals surface area contributed by atoms with Crippen LogP contribution in [-0.2, 0) is 4.74 Å². The molecule has 2 saturated heterocycles. The van der Waals surface area contributed by atoms with Crippen LogP contribution in [-0.4, -0.2) is 49.2 Å². The highest BCUT2D eigenvalue weighted by atomic mass is 35.5. The maximum atomic E-state index is 13.8. The molecule has 2 aliphatic rings. The number of morpholine rings is 1. The van der Waals surface area contributed by atoms with Gasteiger partial charge in [0.25, 0.3) is 5.91 Å². The molecule has 0 aromatic heterocycles. The van der Waals surface area contributed by atoms with E-state index in [0.29, 0.717) is 12.6 Å². The number of halogens is 3. The van der Waals surface area contributed by atoms with Gasteiger partial charge in [0, 0.05) is 19.1 Å².